The molecule has 3 N–H and O–H groups in total. The van der Waals surface area contributed by atoms with E-state index in [2.05, 4.69) is 4.90 Å². The van der Waals surface area contributed by atoms with E-state index in [0.29, 0.717) is 17.1 Å². The van der Waals surface area contributed by atoms with Crippen LogP contribution in [0.15, 0.2) is 66.7 Å². The second-order valence-electron chi connectivity index (χ2n) is 8.66. The van der Waals surface area contributed by atoms with Gasteiger partial charge in [-0.1, -0.05) is 18.2 Å². The normalized spacial score (nSPS) is 10.9. The molecule has 0 radical (unpaired) electrons. The van der Waals surface area contributed by atoms with Crippen LogP contribution in [-0.2, 0) is 0 Å². The van der Waals surface area contributed by atoms with Crippen molar-refractivity contribution in [1.29, 1.82) is 0 Å². The summed E-state index contributed by atoms with van der Waals surface area (Å²) in [5.41, 5.74) is 6.47. The van der Waals surface area contributed by atoms with Gasteiger partial charge in [-0.2, -0.15) is 0 Å². The van der Waals surface area contributed by atoms with Crippen LogP contribution in [0.3, 0.4) is 0 Å². The lowest BCUT2D eigenvalue weighted by atomic mass is 10.0. The second kappa shape index (κ2) is 9.02. The first-order valence-corrected chi connectivity index (χ1v) is 11.1. The van der Waals surface area contributed by atoms with Crippen molar-refractivity contribution in [3.05, 3.63) is 94.5 Å². The van der Waals surface area contributed by atoms with E-state index in [1.54, 1.807) is 24.3 Å². The van der Waals surface area contributed by atoms with Crippen molar-refractivity contribution < 1.29 is 20.1 Å². The first-order valence-electron chi connectivity index (χ1n) is 11.1. The van der Waals surface area contributed by atoms with Crippen molar-refractivity contribution in [3.8, 4) is 28.7 Å². The number of nitrogens with zero attached hydrogens (tertiary/aromatic N) is 1. The number of phenolic OH excluding ortho intramolecular Hbond substituents is 3. The molecule has 0 heterocycles. The molecule has 0 aliphatic carbocycles. The lowest BCUT2D eigenvalue weighted by Gasteiger charge is -2.31. The third-order valence-corrected chi connectivity index (χ3v) is 6.09. The zero-order valence-corrected chi connectivity index (χ0v) is 20.0. The van der Waals surface area contributed by atoms with Crippen LogP contribution in [0.25, 0.3) is 0 Å². The standard InChI is InChI=1S/C29H29NO4/c1-17-15-26(32)19(3)13-23(17)30(24-14-20(4)27(33)16-18(24)2)22-9-6-7-11-29(22)34-28-12-8-10-25(31)21(28)5/h6-16,31-33H,1-5H3. The van der Waals surface area contributed by atoms with Crippen LogP contribution in [0.1, 0.15) is 27.8 Å². The molecule has 0 saturated carbocycles. The number of hydrogen-bond acceptors (Lipinski definition) is 5. The van der Waals surface area contributed by atoms with Crippen molar-refractivity contribution >= 4 is 17.1 Å². The molecule has 0 fully saturated rings. The number of aryl methyl sites for hydroxylation is 4. The minimum absolute atomic E-state index is 0.168. The third-order valence-electron chi connectivity index (χ3n) is 6.09. The molecule has 0 amide bonds. The van der Waals surface area contributed by atoms with Gasteiger partial charge in [0, 0.05) is 16.9 Å². The largest absolute Gasteiger partial charge is 0.508 e. The maximum absolute atomic E-state index is 10.3. The maximum Gasteiger partial charge on any atom is 0.151 e. The predicted molar refractivity (Wildman–Crippen MR) is 136 cm³/mol. The summed E-state index contributed by atoms with van der Waals surface area (Å²) in [6.07, 6.45) is 0. The Hall–Kier alpha value is -4.12. The molecule has 0 aromatic heterocycles. The van der Waals surface area contributed by atoms with Crippen LogP contribution >= 0.6 is 0 Å². The third kappa shape index (κ3) is 4.25. The summed E-state index contributed by atoms with van der Waals surface area (Å²) in [5.74, 6) is 1.80. The van der Waals surface area contributed by atoms with Crippen LogP contribution in [0.4, 0.5) is 17.1 Å². The number of phenols is 3. The van der Waals surface area contributed by atoms with Crippen LogP contribution in [-0.4, -0.2) is 15.3 Å². The first kappa shape index (κ1) is 23.1. The number of anilines is 3. The van der Waals surface area contributed by atoms with E-state index in [1.807, 2.05) is 77.1 Å². The molecule has 0 unspecified atom stereocenters. The highest BCUT2D eigenvalue weighted by Crippen LogP contribution is 2.46. The minimum atomic E-state index is 0.168. The Morgan fingerprint density at radius 2 is 1.06 bits per heavy atom. The monoisotopic (exact) mass is 455 g/mol. The number of rotatable bonds is 5. The molecule has 4 rings (SSSR count). The molecule has 0 bridgehead atoms. The Morgan fingerprint density at radius 1 is 0.529 bits per heavy atom. The van der Waals surface area contributed by atoms with Crippen molar-refractivity contribution in [1.82, 2.24) is 0 Å². The summed E-state index contributed by atoms with van der Waals surface area (Å²) in [4.78, 5) is 2.08. The topological polar surface area (TPSA) is 73.2 Å². The van der Waals surface area contributed by atoms with E-state index in [0.717, 1.165) is 39.3 Å². The predicted octanol–water partition coefficient (Wildman–Crippen LogP) is 7.61. The van der Waals surface area contributed by atoms with Gasteiger partial charge in [0.25, 0.3) is 0 Å². The van der Waals surface area contributed by atoms with Crippen LogP contribution in [0, 0.1) is 34.6 Å². The molecule has 0 aliphatic heterocycles. The van der Waals surface area contributed by atoms with Gasteiger partial charge in [0.2, 0.25) is 0 Å². The second-order valence-corrected chi connectivity index (χ2v) is 8.66. The Morgan fingerprint density at radius 3 is 1.65 bits per heavy atom. The summed E-state index contributed by atoms with van der Waals surface area (Å²) in [6, 6.07) is 20.3. The van der Waals surface area contributed by atoms with Gasteiger partial charge in [-0.15, -0.1) is 0 Å². The molecule has 174 valence electrons. The van der Waals surface area contributed by atoms with E-state index >= 15 is 0 Å². The molecular weight excluding hydrogens is 426 g/mol. The summed E-state index contributed by atoms with van der Waals surface area (Å²) < 4.78 is 6.33. The van der Waals surface area contributed by atoms with Crippen LogP contribution in [0.5, 0.6) is 28.7 Å². The van der Waals surface area contributed by atoms with Gasteiger partial charge in [-0.25, -0.2) is 0 Å². The fraction of sp³-hybridized carbons (Fsp3) is 0.172. The van der Waals surface area contributed by atoms with Crippen LogP contribution in [0.2, 0.25) is 0 Å². The van der Waals surface area contributed by atoms with Gasteiger partial charge in [-0.05, 0) is 105 Å². The smallest absolute Gasteiger partial charge is 0.151 e. The number of aromatic hydroxyl groups is 3. The van der Waals surface area contributed by atoms with Gasteiger partial charge < -0.3 is 25.0 Å². The molecule has 4 aromatic rings. The summed E-state index contributed by atoms with van der Waals surface area (Å²) in [7, 11) is 0. The van der Waals surface area contributed by atoms with E-state index in [1.165, 1.54) is 0 Å². The fourth-order valence-corrected chi connectivity index (χ4v) is 4.00. The van der Waals surface area contributed by atoms with E-state index in [9.17, 15) is 15.3 Å². The van der Waals surface area contributed by atoms with Gasteiger partial charge in [0.05, 0.1) is 5.69 Å². The Bertz CT molecular complexity index is 1320. The van der Waals surface area contributed by atoms with Crippen molar-refractivity contribution in [2.45, 2.75) is 34.6 Å². The molecule has 34 heavy (non-hydrogen) atoms. The highest BCUT2D eigenvalue weighted by molar-refractivity contribution is 5.84. The lowest BCUT2D eigenvalue weighted by Crippen LogP contribution is -2.14. The fourth-order valence-electron chi connectivity index (χ4n) is 4.00. The van der Waals surface area contributed by atoms with Crippen molar-refractivity contribution in [2.24, 2.45) is 0 Å². The Labute approximate surface area is 200 Å². The van der Waals surface area contributed by atoms with Crippen molar-refractivity contribution in [2.75, 3.05) is 4.90 Å². The number of ether oxygens (including phenoxy) is 1. The minimum Gasteiger partial charge on any atom is -0.508 e. The average molecular weight is 456 g/mol. The molecule has 5 nitrogen and oxygen atoms in total. The van der Waals surface area contributed by atoms with Gasteiger partial charge in [-0.3, -0.25) is 0 Å². The Balaban J connectivity index is 1.97. The maximum atomic E-state index is 10.3. The summed E-state index contributed by atoms with van der Waals surface area (Å²) in [6.45, 7) is 9.44. The highest BCUT2D eigenvalue weighted by Gasteiger charge is 2.22. The zero-order valence-electron chi connectivity index (χ0n) is 20.0. The lowest BCUT2D eigenvalue weighted by molar-refractivity contribution is 0.448. The molecular formula is C29H29NO4. The first-order chi connectivity index (χ1) is 16.2. The molecule has 0 atom stereocenters. The number of hydrogen-bond donors (Lipinski definition) is 3. The van der Waals surface area contributed by atoms with E-state index in [-0.39, 0.29) is 17.2 Å². The summed E-state index contributed by atoms with van der Waals surface area (Å²) >= 11 is 0. The zero-order chi connectivity index (χ0) is 24.6. The van der Waals surface area contributed by atoms with Crippen molar-refractivity contribution in [3.63, 3.8) is 0 Å². The van der Waals surface area contributed by atoms with Gasteiger partial charge >= 0.3 is 0 Å². The summed E-state index contributed by atoms with van der Waals surface area (Å²) in [5, 5.41) is 30.7. The van der Waals surface area contributed by atoms with E-state index < -0.39 is 0 Å². The highest BCUT2D eigenvalue weighted by atomic mass is 16.5. The van der Waals surface area contributed by atoms with Crippen LogP contribution < -0.4 is 9.64 Å². The molecule has 5 heteroatoms. The number of para-hydroxylation sites is 2. The Kier molecular flexibility index (Phi) is 6.12. The average Bonchev–Trinajstić information content (AvgIpc) is 2.79. The quantitative estimate of drug-likeness (QED) is 0.289. The van der Waals surface area contributed by atoms with E-state index in [4.69, 9.17) is 4.74 Å². The van der Waals surface area contributed by atoms with Gasteiger partial charge in [0.1, 0.15) is 23.0 Å². The molecule has 0 saturated heterocycles. The molecule has 4 aromatic carbocycles. The van der Waals surface area contributed by atoms with Gasteiger partial charge in [0.15, 0.2) is 5.75 Å². The molecule has 0 aliphatic rings. The SMILES string of the molecule is Cc1cc(N(c2cc(C)c(O)cc2C)c2ccccc2Oc2cccc(O)c2C)c(C)cc1O. The number of benzene rings is 4. The molecule has 0 spiro atoms.